The first kappa shape index (κ1) is 19.6. The first-order valence-corrected chi connectivity index (χ1v) is 10.7. The van der Waals surface area contributed by atoms with Crippen molar-refractivity contribution < 1.29 is 0 Å². The summed E-state index contributed by atoms with van der Waals surface area (Å²) in [7, 11) is 0. The van der Waals surface area contributed by atoms with Crippen LogP contribution < -0.4 is 0 Å². The van der Waals surface area contributed by atoms with Gasteiger partial charge in [-0.1, -0.05) is 0 Å². The van der Waals surface area contributed by atoms with Crippen LogP contribution in [0.1, 0.15) is 60.3 Å². The van der Waals surface area contributed by atoms with Crippen molar-refractivity contribution in [1.82, 2.24) is 19.6 Å². The number of hydrogen-bond donors (Lipinski definition) is 0. The van der Waals surface area contributed by atoms with Gasteiger partial charge in [-0.15, -0.1) is 0 Å². The van der Waals surface area contributed by atoms with E-state index in [4.69, 9.17) is 0 Å². The van der Waals surface area contributed by atoms with Gasteiger partial charge < -0.3 is 4.90 Å². The van der Waals surface area contributed by atoms with Crippen LogP contribution in [0.3, 0.4) is 0 Å². The van der Waals surface area contributed by atoms with Crippen molar-refractivity contribution in [3.05, 3.63) is 0 Å². The Kier molecular flexibility index (Phi) is 6.14. The van der Waals surface area contributed by atoms with Gasteiger partial charge in [-0.3, -0.25) is 14.7 Å². The number of rotatable bonds is 6. The molecule has 2 heterocycles. The molecule has 1 aliphatic carbocycles. The zero-order valence-corrected chi connectivity index (χ0v) is 17.6. The second-order valence-corrected chi connectivity index (χ2v) is 10.2. The third-order valence-corrected chi connectivity index (χ3v) is 6.82. The molecule has 0 aromatic rings. The van der Waals surface area contributed by atoms with Crippen LogP contribution in [-0.4, -0.2) is 95.6 Å². The minimum absolute atomic E-state index is 0.330. The molecule has 4 heteroatoms. The molecule has 0 spiro atoms. The van der Waals surface area contributed by atoms with Crippen LogP contribution in [-0.2, 0) is 0 Å². The third-order valence-electron chi connectivity index (χ3n) is 6.82. The highest BCUT2D eigenvalue weighted by Gasteiger charge is 2.35. The Balaban J connectivity index is 1.34. The summed E-state index contributed by atoms with van der Waals surface area (Å²) >= 11 is 0. The van der Waals surface area contributed by atoms with Crippen LogP contribution in [0.5, 0.6) is 0 Å². The largest absolute Gasteiger partial charge is 0.301 e. The highest BCUT2D eigenvalue weighted by molar-refractivity contribution is 4.91. The van der Waals surface area contributed by atoms with Gasteiger partial charge in [-0.05, 0) is 66.8 Å². The van der Waals surface area contributed by atoms with Crippen molar-refractivity contribution in [3.63, 3.8) is 0 Å². The lowest BCUT2D eigenvalue weighted by molar-refractivity contribution is 0.0361. The zero-order valence-electron chi connectivity index (χ0n) is 17.6. The van der Waals surface area contributed by atoms with E-state index in [1.807, 2.05) is 0 Å². The molecule has 0 atom stereocenters. The Hall–Kier alpha value is -0.160. The Morgan fingerprint density at radius 3 is 1.80 bits per heavy atom. The molecule has 0 unspecified atom stereocenters. The van der Waals surface area contributed by atoms with Gasteiger partial charge in [0.05, 0.1) is 0 Å². The monoisotopic (exact) mass is 350 g/mol. The number of hydrogen-bond acceptors (Lipinski definition) is 4. The Bertz CT molecular complexity index is 408. The van der Waals surface area contributed by atoms with Crippen molar-refractivity contribution >= 4 is 0 Å². The van der Waals surface area contributed by atoms with Gasteiger partial charge in [0, 0.05) is 69.5 Å². The van der Waals surface area contributed by atoms with Crippen molar-refractivity contribution in [3.8, 4) is 0 Å². The van der Waals surface area contributed by atoms with E-state index in [2.05, 4.69) is 54.2 Å². The molecule has 3 fully saturated rings. The SMILES string of the molecule is CC(C)(C)N1CCN(CCCC(C)(C)N2CCN(C3CC3)CC2)CC1. The van der Waals surface area contributed by atoms with E-state index >= 15 is 0 Å². The van der Waals surface area contributed by atoms with Crippen LogP contribution in [0.25, 0.3) is 0 Å². The summed E-state index contributed by atoms with van der Waals surface area (Å²) in [5, 5.41) is 0. The van der Waals surface area contributed by atoms with E-state index in [0.29, 0.717) is 11.1 Å². The van der Waals surface area contributed by atoms with Gasteiger partial charge in [-0.2, -0.15) is 0 Å². The smallest absolute Gasteiger partial charge is 0.0154 e. The molecule has 4 nitrogen and oxygen atoms in total. The van der Waals surface area contributed by atoms with Crippen molar-refractivity contribution in [2.75, 3.05) is 58.9 Å². The number of nitrogens with zero attached hydrogens (tertiary/aromatic N) is 4. The van der Waals surface area contributed by atoms with Gasteiger partial charge >= 0.3 is 0 Å². The summed E-state index contributed by atoms with van der Waals surface area (Å²) in [6, 6.07) is 0.942. The van der Waals surface area contributed by atoms with E-state index in [1.54, 1.807) is 0 Å². The molecule has 0 bridgehead atoms. The van der Waals surface area contributed by atoms with Crippen LogP contribution in [0, 0.1) is 0 Å². The van der Waals surface area contributed by atoms with Gasteiger partial charge in [-0.25, -0.2) is 0 Å². The molecular weight excluding hydrogens is 308 g/mol. The van der Waals surface area contributed by atoms with Crippen LogP contribution in [0.4, 0.5) is 0 Å². The molecule has 0 amide bonds. The minimum atomic E-state index is 0.330. The van der Waals surface area contributed by atoms with Gasteiger partial charge in [0.1, 0.15) is 0 Å². The molecule has 0 aromatic carbocycles. The second-order valence-electron chi connectivity index (χ2n) is 10.2. The molecule has 0 radical (unpaired) electrons. The molecule has 0 aromatic heterocycles. The van der Waals surface area contributed by atoms with E-state index in [1.165, 1.54) is 84.6 Å². The van der Waals surface area contributed by atoms with Crippen LogP contribution in [0.15, 0.2) is 0 Å². The molecule has 0 N–H and O–H groups in total. The maximum absolute atomic E-state index is 2.75. The molecule has 146 valence electrons. The summed E-state index contributed by atoms with van der Waals surface area (Å²) in [4.78, 5) is 10.8. The zero-order chi connectivity index (χ0) is 18.1. The van der Waals surface area contributed by atoms with Gasteiger partial charge in [0.25, 0.3) is 0 Å². The lowest BCUT2D eigenvalue weighted by Gasteiger charge is -2.45. The van der Waals surface area contributed by atoms with E-state index < -0.39 is 0 Å². The summed E-state index contributed by atoms with van der Waals surface area (Å²) in [6.07, 6.45) is 5.57. The Morgan fingerprint density at radius 2 is 1.28 bits per heavy atom. The molecule has 2 saturated heterocycles. The van der Waals surface area contributed by atoms with Crippen molar-refractivity contribution in [2.24, 2.45) is 0 Å². The molecule has 2 aliphatic heterocycles. The first-order valence-electron chi connectivity index (χ1n) is 10.7. The number of piperazine rings is 2. The highest BCUT2D eigenvalue weighted by Crippen LogP contribution is 2.30. The Labute approximate surface area is 156 Å². The molecule has 25 heavy (non-hydrogen) atoms. The minimum Gasteiger partial charge on any atom is -0.301 e. The topological polar surface area (TPSA) is 13.0 Å². The van der Waals surface area contributed by atoms with Gasteiger partial charge in [0.15, 0.2) is 0 Å². The van der Waals surface area contributed by atoms with Gasteiger partial charge in [0.2, 0.25) is 0 Å². The van der Waals surface area contributed by atoms with E-state index in [9.17, 15) is 0 Å². The van der Waals surface area contributed by atoms with Crippen molar-refractivity contribution in [2.45, 2.75) is 77.4 Å². The fraction of sp³-hybridized carbons (Fsp3) is 1.00. The average Bonchev–Trinajstić information content (AvgIpc) is 3.39. The van der Waals surface area contributed by atoms with Crippen LogP contribution >= 0.6 is 0 Å². The molecular formula is C21H42N4. The molecule has 3 rings (SSSR count). The summed E-state index contributed by atoms with van der Waals surface area (Å²) in [5.41, 5.74) is 0.694. The average molecular weight is 351 g/mol. The summed E-state index contributed by atoms with van der Waals surface area (Å²) in [5.74, 6) is 0. The predicted octanol–water partition coefficient (Wildman–Crippen LogP) is 2.74. The highest BCUT2D eigenvalue weighted by atomic mass is 15.3. The second kappa shape index (κ2) is 7.84. The van der Waals surface area contributed by atoms with E-state index in [-0.39, 0.29) is 0 Å². The summed E-state index contributed by atoms with van der Waals surface area (Å²) in [6.45, 7) is 23.3. The summed E-state index contributed by atoms with van der Waals surface area (Å²) < 4.78 is 0. The normalized spacial score (nSPS) is 26.3. The lowest BCUT2D eigenvalue weighted by Crippen LogP contribution is -2.55. The maximum Gasteiger partial charge on any atom is 0.0154 e. The third kappa shape index (κ3) is 5.41. The van der Waals surface area contributed by atoms with E-state index in [0.717, 1.165) is 6.04 Å². The molecule has 3 aliphatic rings. The predicted molar refractivity (Wildman–Crippen MR) is 107 cm³/mol. The molecule has 1 saturated carbocycles. The fourth-order valence-corrected chi connectivity index (χ4v) is 4.67. The quantitative estimate of drug-likeness (QED) is 0.730. The lowest BCUT2D eigenvalue weighted by atomic mass is 9.94. The maximum atomic E-state index is 2.75. The Morgan fingerprint density at radius 1 is 0.720 bits per heavy atom. The standard InChI is InChI=1S/C21H42N4/c1-20(2,3)24-15-11-22(12-16-24)10-6-9-21(4,5)25-17-13-23(14-18-25)19-7-8-19/h19H,6-18H2,1-5H3. The fourth-order valence-electron chi connectivity index (χ4n) is 4.67. The van der Waals surface area contributed by atoms with Crippen LogP contribution in [0.2, 0.25) is 0 Å². The van der Waals surface area contributed by atoms with Crippen molar-refractivity contribution in [1.29, 1.82) is 0 Å². The first-order chi connectivity index (χ1) is 11.8.